The summed E-state index contributed by atoms with van der Waals surface area (Å²) < 4.78 is 13.8. The minimum atomic E-state index is -0.281. The highest BCUT2D eigenvalue weighted by molar-refractivity contribution is 9.10. The molecule has 0 heterocycles. The Balaban J connectivity index is 2.03. The van der Waals surface area contributed by atoms with Gasteiger partial charge in [0.1, 0.15) is 5.82 Å². The number of amides is 1. The number of rotatable bonds is 4. The number of hydrogen-bond donors (Lipinski definition) is 2. The van der Waals surface area contributed by atoms with Crippen LogP contribution in [0.25, 0.3) is 0 Å². The molecule has 0 aliphatic carbocycles. The lowest BCUT2D eigenvalue weighted by Crippen LogP contribution is -2.06. The van der Waals surface area contributed by atoms with E-state index in [1.165, 1.54) is 13.0 Å². The summed E-state index contributed by atoms with van der Waals surface area (Å²) in [6.45, 7) is 1.97. The Morgan fingerprint density at radius 1 is 1.20 bits per heavy atom. The van der Waals surface area contributed by atoms with Gasteiger partial charge in [0.15, 0.2) is 0 Å². The van der Waals surface area contributed by atoms with Crippen molar-refractivity contribution in [3.63, 3.8) is 0 Å². The smallest absolute Gasteiger partial charge is 0.221 e. The van der Waals surface area contributed by atoms with Crippen LogP contribution in [0.15, 0.2) is 46.9 Å². The summed E-state index contributed by atoms with van der Waals surface area (Å²) in [4.78, 5) is 11.0. The van der Waals surface area contributed by atoms with Crippen LogP contribution in [0, 0.1) is 5.82 Å². The van der Waals surface area contributed by atoms with Crippen LogP contribution >= 0.6 is 15.9 Å². The largest absolute Gasteiger partial charge is 0.381 e. The van der Waals surface area contributed by atoms with Gasteiger partial charge in [-0.25, -0.2) is 4.39 Å². The Hall–Kier alpha value is -1.88. The molecule has 0 saturated heterocycles. The Morgan fingerprint density at radius 3 is 2.65 bits per heavy atom. The fourth-order valence-electron chi connectivity index (χ4n) is 1.76. The van der Waals surface area contributed by atoms with E-state index in [9.17, 15) is 9.18 Å². The average molecular weight is 337 g/mol. The highest BCUT2D eigenvalue weighted by atomic mass is 79.9. The number of hydrogen-bond acceptors (Lipinski definition) is 2. The number of carbonyl (C=O) groups is 1. The fraction of sp³-hybridized carbons (Fsp3) is 0.133. The second-order valence-electron chi connectivity index (χ2n) is 4.36. The van der Waals surface area contributed by atoms with Crippen molar-refractivity contribution in [1.29, 1.82) is 0 Å². The van der Waals surface area contributed by atoms with E-state index in [0.29, 0.717) is 11.0 Å². The zero-order valence-corrected chi connectivity index (χ0v) is 12.5. The van der Waals surface area contributed by atoms with Crippen molar-refractivity contribution in [2.24, 2.45) is 0 Å². The summed E-state index contributed by atoms with van der Waals surface area (Å²) in [5.41, 5.74) is 2.43. The predicted octanol–water partition coefficient (Wildman–Crippen LogP) is 4.16. The van der Waals surface area contributed by atoms with Crippen LogP contribution in [0.3, 0.4) is 0 Å². The van der Waals surface area contributed by atoms with Gasteiger partial charge in [-0.15, -0.1) is 0 Å². The van der Waals surface area contributed by atoms with Crippen LogP contribution in [-0.4, -0.2) is 5.91 Å². The monoisotopic (exact) mass is 336 g/mol. The molecule has 0 spiro atoms. The molecule has 0 radical (unpaired) electrons. The van der Waals surface area contributed by atoms with Gasteiger partial charge < -0.3 is 10.6 Å². The topological polar surface area (TPSA) is 41.1 Å². The first-order chi connectivity index (χ1) is 9.54. The van der Waals surface area contributed by atoms with Crippen molar-refractivity contribution in [1.82, 2.24) is 0 Å². The third kappa shape index (κ3) is 4.06. The van der Waals surface area contributed by atoms with Gasteiger partial charge in [0.2, 0.25) is 5.91 Å². The SMILES string of the molecule is CC(=O)Nc1cccc(NCc2ccc(Br)c(F)c2)c1. The maximum atomic E-state index is 13.4. The molecule has 1 amide bonds. The van der Waals surface area contributed by atoms with E-state index in [0.717, 1.165) is 16.9 Å². The Morgan fingerprint density at radius 2 is 1.95 bits per heavy atom. The van der Waals surface area contributed by atoms with Crippen molar-refractivity contribution >= 4 is 33.2 Å². The fourth-order valence-corrected chi connectivity index (χ4v) is 2.01. The molecule has 0 saturated carbocycles. The summed E-state index contributed by atoms with van der Waals surface area (Å²) in [6.07, 6.45) is 0. The van der Waals surface area contributed by atoms with Gasteiger partial charge in [0, 0.05) is 24.8 Å². The Bertz CT molecular complexity index is 631. The van der Waals surface area contributed by atoms with Gasteiger partial charge in [0.05, 0.1) is 4.47 Å². The third-order valence-electron chi connectivity index (χ3n) is 2.66. The van der Waals surface area contributed by atoms with Crippen LogP contribution in [0.4, 0.5) is 15.8 Å². The number of carbonyl (C=O) groups excluding carboxylic acids is 1. The first kappa shape index (κ1) is 14.5. The Labute approximate surface area is 125 Å². The molecule has 0 atom stereocenters. The Kier molecular flexibility index (Phi) is 4.74. The molecule has 0 aliphatic heterocycles. The van der Waals surface area contributed by atoms with Crippen molar-refractivity contribution < 1.29 is 9.18 Å². The molecule has 3 nitrogen and oxygen atoms in total. The molecule has 0 bridgehead atoms. The van der Waals surface area contributed by atoms with Crippen LogP contribution in [0.1, 0.15) is 12.5 Å². The molecule has 2 aromatic rings. The minimum absolute atomic E-state index is 0.114. The zero-order chi connectivity index (χ0) is 14.5. The first-order valence-electron chi connectivity index (χ1n) is 6.10. The van der Waals surface area contributed by atoms with E-state index in [1.807, 2.05) is 30.3 Å². The van der Waals surface area contributed by atoms with Crippen LogP contribution < -0.4 is 10.6 Å². The molecule has 104 valence electrons. The lowest BCUT2D eigenvalue weighted by molar-refractivity contribution is -0.114. The molecular weight excluding hydrogens is 323 g/mol. The summed E-state index contributed by atoms with van der Waals surface area (Å²) in [5, 5.41) is 5.90. The van der Waals surface area contributed by atoms with E-state index < -0.39 is 0 Å². The molecule has 20 heavy (non-hydrogen) atoms. The number of halogens is 2. The summed E-state index contributed by atoms with van der Waals surface area (Å²) in [7, 11) is 0. The molecule has 2 aromatic carbocycles. The summed E-state index contributed by atoms with van der Waals surface area (Å²) in [6, 6.07) is 12.4. The zero-order valence-electron chi connectivity index (χ0n) is 10.9. The van der Waals surface area contributed by atoms with Gasteiger partial charge in [-0.2, -0.15) is 0 Å². The van der Waals surface area contributed by atoms with Gasteiger partial charge in [-0.05, 0) is 51.8 Å². The molecule has 0 fully saturated rings. The molecule has 2 N–H and O–H groups in total. The van der Waals surface area contributed by atoms with Gasteiger partial charge >= 0.3 is 0 Å². The lowest BCUT2D eigenvalue weighted by atomic mass is 10.2. The van der Waals surface area contributed by atoms with Gasteiger partial charge in [-0.3, -0.25) is 4.79 Å². The van der Waals surface area contributed by atoms with Gasteiger partial charge in [-0.1, -0.05) is 12.1 Å². The number of nitrogens with one attached hydrogen (secondary N) is 2. The van der Waals surface area contributed by atoms with Crippen LogP contribution in [0.2, 0.25) is 0 Å². The van der Waals surface area contributed by atoms with Crippen molar-refractivity contribution in [3.05, 3.63) is 58.3 Å². The molecule has 0 unspecified atom stereocenters. The van der Waals surface area contributed by atoms with Gasteiger partial charge in [0.25, 0.3) is 0 Å². The highest BCUT2D eigenvalue weighted by Gasteiger charge is 2.01. The average Bonchev–Trinajstić information content (AvgIpc) is 2.40. The molecule has 0 aromatic heterocycles. The van der Waals surface area contributed by atoms with Crippen molar-refractivity contribution in [3.8, 4) is 0 Å². The summed E-state index contributed by atoms with van der Waals surface area (Å²) >= 11 is 3.12. The van der Waals surface area contributed by atoms with E-state index in [1.54, 1.807) is 6.07 Å². The van der Waals surface area contributed by atoms with Crippen molar-refractivity contribution in [2.75, 3.05) is 10.6 Å². The van der Waals surface area contributed by atoms with Crippen molar-refractivity contribution in [2.45, 2.75) is 13.5 Å². The lowest BCUT2D eigenvalue weighted by Gasteiger charge is -2.09. The van der Waals surface area contributed by atoms with E-state index in [2.05, 4.69) is 26.6 Å². The summed E-state index contributed by atoms with van der Waals surface area (Å²) in [5.74, 6) is -0.395. The van der Waals surface area contributed by atoms with Crippen LogP contribution in [0.5, 0.6) is 0 Å². The molecule has 2 rings (SSSR count). The maximum Gasteiger partial charge on any atom is 0.221 e. The van der Waals surface area contributed by atoms with E-state index in [-0.39, 0.29) is 11.7 Å². The number of anilines is 2. The maximum absolute atomic E-state index is 13.4. The highest BCUT2D eigenvalue weighted by Crippen LogP contribution is 2.19. The normalized spacial score (nSPS) is 10.2. The second-order valence-corrected chi connectivity index (χ2v) is 5.22. The molecule has 5 heteroatoms. The number of benzene rings is 2. The van der Waals surface area contributed by atoms with Crippen LogP contribution in [-0.2, 0) is 11.3 Å². The second kappa shape index (κ2) is 6.52. The first-order valence-corrected chi connectivity index (χ1v) is 6.89. The third-order valence-corrected chi connectivity index (χ3v) is 3.31. The quantitative estimate of drug-likeness (QED) is 0.880. The predicted molar refractivity (Wildman–Crippen MR) is 82.2 cm³/mol. The van der Waals surface area contributed by atoms with E-state index >= 15 is 0 Å². The van der Waals surface area contributed by atoms with E-state index in [4.69, 9.17) is 0 Å². The standard InChI is InChI=1S/C15H14BrFN2O/c1-10(20)19-13-4-2-3-12(8-13)18-9-11-5-6-14(16)15(17)7-11/h2-8,18H,9H2,1H3,(H,19,20). The molecular formula is C15H14BrFN2O. The minimum Gasteiger partial charge on any atom is -0.381 e. The molecule has 0 aliphatic rings.